The summed E-state index contributed by atoms with van der Waals surface area (Å²) in [6.45, 7) is 7.84. The first-order chi connectivity index (χ1) is 11.5. The fourth-order valence-electron chi connectivity index (χ4n) is 2.36. The van der Waals surface area contributed by atoms with Crippen LogP contribution in [0, 0.1) is 6.92 Å². The van der Waals surface area contributed by atoms with E-state index in [0.717, 1.165) is 24.3 Å². The van der Waals surface area contributed by atoms with Crippen molar-refractivity contribution in [2.45, 2.75) is 20.8 Å². The number of hydrogen-bond acceptors (Lipinski definition) is 4. The van der Waals surface area contributed by atoms with E-state index in [0.29, 0.717) is 11.1 Å². The number of carbonyl (C=O) groups is 1. The van der Waals surface area contributed by atoms with Crippen molar-refractivity contribution in [2.75, 3.05) is 18.0 Å². The third-order valence-corrected chi connectivity index (χ3v) is 3.83. The minimum Gasteiger partial charge on any atom is -0.507 e. The quantitative estimate of drug-likeness (QED) is 0.632. The zero-order chi connectivity index (χ0) is 17.5. The van der Waals surface area contributed by atoms with Gasteiger partial charge in [0.2, 0.25) is 0 Å². The first-order valence-electron chi connectivity index (χ1n) is 8.03. The van der Waals surface area contributed by atoms with Gasteiger partial charge in [0.25, 0.3) is 5.91 Å². The van der Waals surface area contributed by atoms with Crippen LogP contribution in [0.3, 0.4) is 0 Å². The molecule has 2 aromatic rings. The smallest absolute Gasteiger partial charge is 0.271 e. The molecule has 0 aliphatic rings. The minimum absolute atomic E-state index is 0.132. The molecule has 0 bridgehead atoms. The van der Waals surface area contributed by atoms with Crippen LogP contribution >= 0.6 is 0 Å². The molecule has 24 heavy (non-hydrogen) atoms. The van der Waals surface area contributed by atoms with Gasteiger partial charge in [-0.1, -0.05) is 17.7 Å². The van der Waals surface area contributed by atoms with Crippen molar-refractivity contribution in [1.82, 2.24) is 5.43 Å². The summed E-state index contributed by atoms with van der Waals surface area (Å²) in [6.07, 6.45) is 1.44. The van der Waals surface area contributed by atoms with Crippen LogP contribution in [-0.4, -0.2) is 30.3 Å². The van der Waals surface area contributed by atoms with Gasteiger partial charge in [0.15, 0.2) is 0 Å². The summed E-state index contributed by atoms with van der Waals surface area (Å²) in [4.78, 5) is 14.1. The number of hydrazone groups is 1. The fourth-order valence-corrected chi connectivity index (χ4v) is 2.36. The van der Waals surface area contributed by atoms with Crippen LogP contribution in [0.4, 0.5) is 5.69 Å². The van der Waals surface area contributed by atoms with E-state index in [4.69, 9.17) is 0 Å². The molecule has 0 spiro atoms. The highest BCUT2D eigenvalue weighted by atomic mass is 16.3. The second-order valence-corrected chi connectivity index (χ2v) is 5.48. The first kappa shape index (κ1) is 17.5. The fraction of sp³-hybridized carbons (Fsp3) is 0.263. The molecule has 0 unspecified atom stereocenters. The van der Waals surface area contributed by atoms with Gasteiger partial charge in [0, 0.05) is 36.0 Å². The van der Waals surface area contributed by atoms with E-state index in [1.807, 2.05) is 25.1 Å². The normalized spacial score (nSPS) is 10.8. The van der Waals surface area contributed by atoms with Crippen molar-refractivity contribution >= 4 is 17.8 Å². The topological polar surface area (TPSA) is 64.9 Å². The number of rotatable bonds is 6. The van der Waals surface area contributed by atoms with Crippen molar-refractivity contribution in [3.63, 3.8) is 0 Å². The average Bonchev–Trinajstić information content (AvgIpc) is 2.58. The lowest BCUT2D eigenvalue weighted by atomic mass is 10.1. The molecule has 2 rings (SSSR count). The van der Waals surface area contributed by atoms with E-state index in [2.05, 4.69) is 29.3 Å². The highest BCUT2D eigenvalue weighted by Crippen LogP contribution is 2.23. The van der Waals surface area contributed by atoms with Gasteiger partial charge >= 0.3 is 0 Å². The largest absolute Gasteiger partial charge is 0.507 e. The zero-order valence-electron chi connectivity index (χ0n) is 14.3. The van der Waals surface area contributed by atoms with Crippen LogP contribution in [0.1, 0.15) is 35.3 Å². The van der Waals surface area contributed by atoms with E-state index in [9.17, 15) is 9.90 Å². The van der Waals surface area contributed by atoms with Gasteiger partial charge in [0.05, 0.1) is 6.21 Å². The standard InChI is InChI=1S/C19H23N3O2/c1-4-22(5-2)17-11-10-16(18(23)12-17)13-20-21-19(24)15-8-6-14(3)7-9-15/h6-13,23H,4-5H2,1-3H3,(H,21,24)/b20-13-. The number of nitrogens with zero attached hydrogens (tertiary/aromatic N) is 2. The highest BCUT2D eigenvalue weighted by Gasteiger charge is 2.06. The van der Waals surface area contributed by atoms with E-state index in [1.165, 1.54) is 6.21 Å². The van der Waals surface area contributed by atoms with Gasteiger partial charge in [-0.15, -0.1) is 0 Å². The van der Waals surface area contributed by atoms with Gasteiger partial charge in [-0.05, 0) is 45.0 Å². The van der Waals surface area contributed by atoms with Crippen molar-refractivity contribution < 1.29 is 9.90 Å². The van der Waals surface area contributed by atoms with Crippen LogP contribution < -0.4 is 10.3 Å². The third-order valence-electron chi connectivity index (χ3n) is 3.83. The molecule has 2 aromatic carbocycles. The number of anilines is 1. The number of amides is 1. The Morgan fingerprint density at radius 1 is 1.17 bits per heavy atom. The lowest BCUT2D eigenvalue weighted by Gasteiger charge is -2.21. The maximum atomic E-state index is 12.0. The number of nitrogens with one attached hydrogen (secondary N) is 1. The predicted octanol–water partition coefficient (Wildman–Crippen LogP) is 3.31. The lowest BCUT2D eigenvalue weighted by Crippen LogP contribution is -2.21. The SMILES string of the molecule is CCN(CC)c1ccc(/C=N\NC(=O)c2ccc(C)cc2)c(O)c1. The molecule has 0 saturated carbocycles. The molecule has 0 saturated heterocycles. The van der Waals surface area contributed by atoms with Crippen LogP contribution in [0.15, 0.2) is 47.6 Å². The Labute approximate surface area is 142 Å². The predicted molar refractivity (Wildman–Crippen MR) is 97.9 cm³/mol. The molecule has 0 aromatic heterocycles. The molecule has 0 atom stereocenters. The van der Waals surface area contributed by atoms with Crippen molar-refractivity contribution in [3.8, 4) is 5.75 Å². The summed E-state index contributed by atoms with van der Waals surface area (Å²) < 4.78 is 0. The van der Waals surface area contributed by atoms with Gasteiger partial charge in [-0.25, -0.2) is 5.43 Å². The van der Waals surface area contributed by atoms with Gasteiger partial charge < -0.3 is 10.0 Å². The Bertz CT molecular complexity index is 720. The van der Waals surface area contributed by atoms with Crippen molar-refractivity contribution in [2.24, 2.45) is 5.10 Å². The molecule has 0 aliphatic heterocycles. The Morgan fingerprint density at radius 3 is 2.42 bits per heavy atom. The number of aryl methyl sites for hydroxylation is 1. The summed E-state index contributed by atoms with van der Waals surface area (Å²) >= 11 is 0. The van der Waals surface area contributed by atoms with Crippen LogP contribution in [-0.2, 0) is 0 Å². The molecule has 0 radical (unpaired) electrons. The maximum Gasteiger partial charge on any atom is 0.271 e. The monoisotopic (exact) mass is 325 g/mol. The lowest BCUT2D eigenvalue weighted by molar-refractivity contribution is 0.0955. The molecular formula is C19H23N3O2. The first-order valence-corrected chi connectivity index (χ1v) is 8.03. The molecule has 0 fully saturated rings. The van der Waals surface area contributed by atoms with Gasteiger partial charge in [-0.3, -0.25) is 4.79 Å². The zero-order valence-corrected chi connectivity index (χ0v) is 14.3. The molecule has 5 heteroatoms. The summed E-state index contributed by atoms with van der Waals surface area (Å²) in [5.74, 6) is -0.154. The summed E-state index contributed by atoms with van der Waals surface area (Å²) in [7, 11) is 0. The Balaban J connectivity index is 2.03. The third kappa shape index (κ3) is 4.35. The highest BCUT2D eigenvalue weighted by molar-refractivity contribution is 5.95. The van der Waals surface area contributed by atoms with Gasteiger partial charge in [0.1, 0.15) is 5.75 Å². The number of aromatic hydroxyl groups is 1. The van der Waals surface area contributed by atoms with E-state index in [1.54, 1.807) is 24.3 Å². The van der Waals surface area contributed by atoms with E-state index < -0.39 is 0 Å². The second-order valence-electron chi connectivity index (χ2n) is 5.48. The molecule has 0 aliphatic carbocycles. The number of phenolic OH excluding ortho intramolecular Hbond substituents is 1. The molecule has 126 valence electrons. The summed E-state index contributed by atoms with van der Waals surface area (Å²) in [5, 5.41) is 14.0. The number of carbonyl (C=O) groups excluding carboxylic acids is 1. The molecule has 0 heterocycles. The Morgan fingerprint density at radius 2 is 1.83 bits per heavy atom. The Kier molecular flexibility index (Phi) is 5.95. The average molecular weight is 325 g/mol. The molecule has 2 N–H and O–H groups in total. The van der Waals surface area contributed by atoms with Crippen molar-refractivity contribution in [1.29, 1.82) is 0 Å². The Hall–Kier alpha value is -2.82. The molecule has 5 nitrogen and oxygen atoms in total. The molecular weight excluding hydrogens is 302 g/mol. The van der Waals surface area contributed by atoms with Crippen LogP contribution in [0.2, 0.25) is 0 Å². The van der Waals surface area contributed by atoms with E-state index in [-0.39, 0.29) is 11.7 Å². The number of hydrogen-bond donors (Lipinski definition) is 2. The van der Waals surface area contributed by atoms with Crippen LogP contribution in [0.25, 0.3) is 0 Å². The number of benzene rings is 2. The van der Waals surface area contributed by atoms with Gasteiger partial charge in [-0.2, -0.15) is 5.10 Å². The molecule has 1 amide bonds. The summed E-state index contributed by atoms with van der Waals surface area (Å²) in [5.41, 5.74) is 5.60. The van der Waals surface area contributed by atoms with Crippen LogP contribution in [0.5, 0.6) is 5.75 Å². The number of phenols is 1. The second kappa shape index (κ2) is 8.15. The van der Waals surface area contributed by atoms with Crippen molar-refractivity contribution in [3.05, 3.63) is 59.2 Å². The minimum atomic E-state index is -0.287. The van der Waals surface area contributed by atoms with E-state index >= 15 is 0 Å². The summed E-state index contributed by atoms with van der Waals surface area (Å²) in [6, 6.07) is 12.6. The maximum absolute atomic E-state index is 12.0.